The molecule has 1 saturated heterocycles. The first-order chi connectivity index (χ1) is 13.4. The monoisotopic (exact) mass is 407 g/mol. The van der Waals surface area contributed by atoms with Crippen molar-refractivity contribution >= 4 is 5.91 Å². The number of amides is 1. The zero-order valence-electron chi connectivity index (χ0n) is 16.7. The minimum absolute atomic E-state index is 0.0668. The maximum Gasteiger partial charge on any atom is 0.416 e. The second kappa shape index (κ2) is 6.53. The van der Waals surface area contributed by atoms with E-state index in [4.69, 9.17) is 0 Å². The van der Waals surface area contributed by atoms with Crippen molar-refractivity contribution in [3.8, 4) is 11.4 Å². The van der Waals surface area contributed by atoms with Crippen LogP contribution in [0, 0.1) is 10.8 Å². The fourth-order valence-electron chi connectivity index (χ4n) is 5.22. The number of benzene rings is 1. The number of fused-ring (bicyclic) bond motifs is 2. The lowest BCUT2D eigenvalue weighted by Crippen LogP contribution is -2.39. The highest BCUT2D eigenvalue weighted by Crippen LogP contribution is 2.52. The number of halogens is 3. The molecule has 1 aliphatic heterocycles. The molecule has 156 valence electrons. The molecule has 1 saturated carbocycles. The predicted octanol–water partition coefficient (Wildman–Crippen LogP) is 3.79. The van der Waals surface area contributed by atoms with Crippen molar-refractivity contribution in [2.45, 2.75) is 58.8 Å². The van der Waals surface area contributed by atoms with E-state index in [2.05, 4.69) is 36.2 Å². The van der Waals surface area contributed by atoms with Crippen LogP contribution in [-0.4, -0.2) is 43.6 Å². The van der Waals surface area contributed by atoms with Gasteiger partial charge in [0.25, 0.3) is 0 Å². The summed E-state index contributed by atoms with van der Waals surface area (Å²) in [5, 5.41) is 11.8. The van der Waals surface area contributed by atoms with Crippen LogP contribution >= 0.6 is 0 Å². The van der Waals surface area contributed by atoms with Crippen LogP contribution in [0.25, 0.3) is 11.4 Å². The second-order valence-electron chi connectivity index (χ2n) is 9.46. The number of likely N-dealkylation sites (tertiary alicyclic amines) is 1. The molecular formula is C20H24F3N5O. The van der Waals surface area contributed by atoms with Crippen molar-refractivity contribution in [3.63, 3.8) is 0 Å². The first-order valence-electron chi connectivity index (χ1n) is 9.69. The van der Waals surface area contributed by atoms with Crippen molar-refractivity contribution in [3.05, 3.63) is 29.8 Å². The van der Waals surface area contributed by atoms with E-state index < -0.39 is 11.7 Å². The maximum atomic E-state index is 12.9. The highest BCUT2D eigenvalue weighted by molar-refractivity contribution is 5.76. The summed E-state index contributed by atoms with van der Waals surface area (Å²) in [6.45, 7) is 7.36. The van der Waals surface area contributed by atoms with Crippen molar-refractivity contribution in [2.75, 3.05) is 6.54 Å². The Kier molecular flexibility index (Phi) is 4.47. The first kappa shape index (κ1) is 19.8. The molecule has 2 fully saturated rings. The SMILES string of the molecule is CC1(C)C[C@@H]2C[C@@](C)(CN2C(=O)Cn2nnc(-c3cccc(C(F)(F)F)c3)n2)C1. The molecule has 1 aliphatic carbocycles. The smallest absolute Gasteiger partial charge is 0.337 e. The number of alkyl halides is 3. The Bertz CT molecular complexity index is 938. The van der Waals surface area contributed by atoms with Crippen LogP contribution in [0.5, 0.6) is 0 Å². The van der Waals surface area contributed by atoms with Crippen LogP contribution in [0.2, 0.25) is 0 Å². The summed E-state index contributed by atoms with van der Waals surface area (Å²) in [6, 6.07) is 4.98. The Labute approximate surface area is 167 Å². The molecule has 0 spiro atoms. The summed E-state index contributed by atoms with van der Waals surface area (Å²) < 4.78 is 38.7. The van der Waals surface area contributed by atoms with Crippen molar-refractivity contribution in [1.82, 2.24) is 25.1 Å². The van der Waals surface area contributed by atoms with Gasteiger partial charge in [-0.3, -0.25) is 4.79 Å². The summed E-state index contributed by atoms with van der Waals surface area (Å²) in [4.78, 5) is 16.0. The Balaban J connectivity index is 1.48. The normalized spacial score (nSPS) is 26.0. The molecule has 6 nitrogen and oxygen atoms in total. The molecular weight excluding hydrogens is 383 g/mol. The lowest BCUT2D eigenvalue weighted by atomic mass is 9.65. The van der Waals surface area contributed by atoms with E-state index in [0.717, 1.165) is 42.7 Å². The summed E-state index contributed by atoms with van der Waals surface area (Å²) in [5.74, 6) is -0.0124. The predicted molar refractivity (Wildman–Crippen MR) is 99.5 cm³/mol. The van der Waals surface area contributed by atoms with Gasteiger partial charge in [-0.05, 0) is 47.4 Å². The average molecular weight is 407 g/mol. The van der Waals surface area contributed by atoms with Gasteiger partial charge >= 0.3 is 6.18 Å². The molecule has 2 aliphatic rings. The third-order valence-electron chi connectivity index (χ3n) is 5.91. The van der Waals surface area contributed by atoms with Gasteiger partial charge in [0.2, 0.25) is 11.7 Å². The number of hydrogen-bond donors (Lipinski definition) is 0. The number of hydrogen-bond acceptors (Lipinski definition) is 4. The largest absolute Gasteiger partial charge is 0.416 e. The van der Waals surface area contributed by atoms with Gasteiger partial charge in [0.1, 0.15) is 6.54 Å². The van der Waals surface area contributed by atoms with E-state index in [0.29, 0.717) is 0 Å². The molecule has 4 rings (SSSR count). The van der Waals surface area contributed by atoms with Gasteiger partial charge in [-0.25, -0.2) is 0 Å². The Morgan fingerprint density at radius 1 is 1.24 bits per heavy atom. The number of tetrazole rings is 1. The number of carbonyl (C=O) groups is 1. The van der Waals surface area contributed by atoms with Crippen molar-refractivity contribution in [2.24, 2.45) is 10.8 Å². The molecule has 2 heterocycles. The van der Waals surface area contributed by atoms with Crippen LogP contribution < -0.4 is 0 Å². The molecule has 1 aromatic carbocycles. The molecule has 1 amide bonds. The molecule has 0 unspecified atom stereocenters. The van der Waals surface area contributed by atoms with Crippen molar-refractivity contribution in [1.29, 1.82) is 0 Å². The molecule has 0 radical (unpaired) electrons. The molecule has 29 heavy (non-hydrogen) atoms. The highest BCUT2D eigenvalue weighted by Gasteiger charge is 2.50. The van der Waals surface area contributed by atoms with Crippen LogP contribution in [-0.2, 0) is 17.5 Å². The Morgan fingerprint density at radius 2 is 2.00 bits per heavy atom. The molecule has 9 heteroatoms. The minimum Gasteiger partial charge on any atom is -0.337 e. The van der Waals surface area contributed by atoms with E-state index in [9.17, 15) is 18.0 Å². The summed E-state index contributed by atoms with van der Waals surface area (Å²) in [5.41, 5.74) is -0.233. The van der Waals surface area contributed by atoms with Gasteiger partial charge in [-0.15, -0.1) is 10.2 Å². The second-order valence-corrected chi connectivity index (χ2v) is 9.46. The first-order valence-corrected chi connectivity index (χ1v) is 9.69. The molecule has 0 N–H and O–H groups in total. The summed E-state index contributed by atoms with van der Waals surface area (Å²) in [6.07, 6.45) is -1.39. The molecule has 2 aromatic rings. The van der Waals surface area contributed by atoms with Gasteiger partial charge in [0.15, 0.2) is 0 Å². The minimum atomic E-state index is -4.45. The van der Waals surface area contributed by atoms with E-state index in [1.165, 1.54) is 12.1 Å². The van der Waals surface area contributed by atoms with E-state index in [-0.39, 0.29) is 40.7 Å². The van der Waals surface area contributed by atoms with E-state index in [1.807, 2.05) is 4.90 Å². The van der Waals surface area contributed by atoms with Crippen LogP contribution in [0.3, 0.4) is 0 Å². The average Bonchev–Trinajstić information content (AvgIpc) is 3.15. The lowest BCUT2D eigenvalue weighted by molar-refractivity contribution is -0.137. The standard InChI is InChI=1S/C20H24F3N5O/c1-18(2)8-15-9-19(3,11-18)12-27(15)16(29)10-28-25-17(24-26-28)13-5-4-6-14(7-13)20(21,22)23/h4-7,15H,8-12H2,1-3H3/t15-,19-/m1/s1. The fourth-order valence-corrected chi connectivity index (χ4v) is 5.22. The van der Waals surface area contributed by atoms with Gasteiger partial charge < -0.3 is 4.90 Å². The van der Waals surface area contributed by atoms with Gasteiger partial charge in [0.05, 0.1) is 5.56 Å². The van der Waals surface area contributed by atoms with Gasteiger partial charge in [-0.2, -0.15) is 18.0 Å². The number of aromatic nitrogens is 4. The Hall–Kier alpha value is -2.45. The number of carbonyl (C=O) groups excluding carboxylic acids is 1. The van der Waals surface area contributed by atoms with Crippen molar-refractivity contribution < 1.29 is 18.0 Å². The van der Waals surface area contributed by atoms with Gasteiger partial charge in [0, 0.05) is 18.2 Å². The quantitative estimate of drug-likeness (QED) is 0.777. The molecule has 2 atom stereocenters. The topological polar surface area (TPSA) is 63.9 Å². The third kappa shape index (κ3) is 4.00. The maximum absolute atomic E-state index is 12.9. The lowest BCUT2D eigenvalue weighted by Gasteiger charge is -2.39. The summed E-state index contributed by atoms with van der Waals surface area (Å²) in [7, 11) is 0. The zero-order chi connectivity index (χ0) is 21.0. The molecule has 2 bridgehead atoms. The Morgan fingerprint density at radius 3 is 2.72 bits per heavy atom. The van der Waals surface area contributed by atoms with Crippen LogP contribution in [0.4, 0.5) is 13.2 Å². The van der Waals surface area contributed by atoms with E-state index in [1.54, 1.807) is 0 Å². The molecule has 1 aromatic heterocycles. The number of nitrogens with zero attached hydrogens (tertiary/aromatic N) is 5. The van der Waals surface area contributed by atoms with Crippen LogP contribution in [0.1, 0.15) is 45.6 Å². The van der Waals surface area contributed by atoms with Gasteiger partial charge in [-0.1, -0.05) is 32.9 Å². The summed E-state index contributed by atoms with van der Waals surface area (Å²) >= 11 is 0. The highest BCUT2D eigenvalue weighted by atomic mass is 19.4. The fraction of sp³-hybridized carbons (Fsp3) is 0.600. The third-order valence-corrected chi connectivity index (χ3v) is 5.91. The van der Waals surface area contributed by atoms with Crippen LogP contribution in [0.15, 0.2) is 24.3 Å². The number of rotatable bonds is 3. The van der Waals surface area contributed by atoms with E-state index >= 15 is 0 Å². The zero-order valence-corrected chi connectivity index (χ0v) is 16.7.